The standard InChI is InChI=1S/C19H21ClF3N3O.C2H2O4/c1-26(2)12-11-17(13-3-7-15(20)8-4-13)25-18(27)24-16-9-5-14(6-10-16)19(21,22)23;3-1(4)2(5)6/h3-10,17H,11-12H2,1-2H3,(H2,24,25,27);(H,3,4)(H,5,6). The second-order valence-electron chi connectivity index (χ2n) is 6.98. The van der Waals surface area contributed by atoms with Crippen molar-refractivity contribution in [3.05, 3.63) is 64.7 Å². The summed E-state index contributed by atoms with van der Waals surface area (Å²) in [6.45, 7) is 0.744. The van der Waals surface area contributed by atoms with Crippen LogP contribution in [0.5, 0.6) is 0 Å². The Morgan fingerprint density at radius 1 is 0.970 bits per heavy atom. The number of carboxylic acid groups (broad SMARTS) is 2. The maximum absolute atomic E-state index is 12.6. The fourth-order valence-corrected chi connectivity index (χ4v) is 2.60. The van der Waals surface area contributed by atoms with E-state index in [2.05, 4.69) is 10.6 Å². The monoisotopic (exact) mass is 489 g/mol. The molecule has 12 heteroatoms. The lowest BCUT2D eigenvalue weighted by molar-refractivity contribution is -0.159. The highest BCUT2D eigenvalue weighted by atomic mass is 35.5. The van der Waals surface area contributed by atoms with Crippen LogP contribution in [0.1, 0.15) is 23.6 Å². The molecule has 4 N–H and O–H groups in total. The summed E-state index contributed by atoms with van der Waals surface area (Å²) < 4.78 is 37.8. The Hall–Kier alpha value is -3.31. The Kier molecular flexibility index (Phi) is 10.6. The van der Waals surface area contributed by atoms with Crippen molar-refractivity contribution < 1.29 is 37.8 Å². The van der Waals surface area contributed by atoms with Gasteiger partial charge in [-0.3, -0.25) is 0 Å². The number of nitrogens with one attached hydrogen (secondary N) is 2. The van der Waals surface area contributed by atoms with Crippen LogP contribution in [-0.4, -0.2) is 53.7 Å². The molecule has 8 nitrogen and oxygen atoms in total. The van der Waals surface area contributed by atoms with Gasteiger partial charge in [0.25, 0.3) is 0 Å². The predicted molar refractivity (Wildman–Crippen MR) is 116 cm³/mol. The van der Waals surface area contributed by atoms with Crippen LogP contribution in [0.15, 0.2) is 48.5 Å². The number of nitrogens with zero attached hydrogens (tertiary/aromatic N) is 1. The van der Waals surface area contributed by atoms with Gasteiger partial charge in [0, 0.05) is 10.7 Å². The van der Waals surface area contributed by atoms with Crippen molar-refractivity contribution in [3.8, 4) is 0 Å². The number of halogens is 4. The van der Waals surface area contributed by atoms with E-state index >= 15 is 0 Å². The van der Waals surface area contributed by atoms with Crippen LogP contribution >= 0.6 is 11.6 Å². The van der Waals surface area contributed by atoms with Gasteiger partial charge >= 0.3 is 24.1 Å². The summed E-state index contributed by atoms with van der Waals surface area (Å²) in [7, 11) is 3.86. The summed E-state index contributed by atoms with van der Waals surface area (Å²) >= 11 is 5.91. The molecule has 0 radical (unpaired) electrons. The first-order chi connectivity index (χ1) is 15.3. The van der Waals surface area contributed by atoms with E-state index in [1.54, 1.807) is 12.1 Å². The quantitative estimate of drug-likeness (QED) is 0.448. The van der Waals surface area contributed by atoms with E-state index in [1.165, 1.54) is 12.1 Å². The molecule has 1 atom stereocenters. The first kappa shape index (κ1) is 27.7. The van der Waals surface area contributed by atoms with E-state index in [9.17, 15) is 18.0 Å². The third-order valence-electron chi connectivity index (χ3n) is 4.10. The topological polar surface area (TPSA) is 119 Å². The molecule has 1 unspecified atom stereocenters. The molecule has 0 heterocycles. The number of hydrogen-bond acceptors (Lipinski definition) is 4. The molecule has 0 saturated carbocycles. The van der Waals surface area contributed by atoms with Gasteiger partial charge < -0.3 is 25.7 Å². The van der Waals surface area contributed by atoms with Crippen LogP contribution < -0.4 is 10.6 Å². The van der Waals surface area contributed by atoms with Crippen LogP contribution in [0.4, 0.5) is 23.7 Å². The third kappa shape index (κ3) is 10.7. The number of carboxylic acids is 2. The first-order valence-corrected chi connectivity index (χ1v) is 9.78. The van der Waals surface area contributed by atoms with Crippen molar-refractivity contribution in [2.45, 2.75) is 18.6 Å². The van der Waals surface area contributed by atoms with Crippen molar-refractivity contribution in [2.24, 2.45) is 0 Å². The largest absolute Gasteiger partial charge is 0.473 e. The SMILES string of the molecule is CN(C)CCC(NC(=O)Nc1ccc(C(F)(F)F)cc1)c1ccc(Cl)cc1.O=C(O)C(=O)O. The molecular weight excluding hydrogens is 467 g/mol. The second kappa shape index (κ2) is 12.7. The van der Waals surface area contributed by atoms with E-state index < -0.39 is 29.7 Å². The Labute approximate surface area is 193 Å². The van der Waals surface area contributed by atoms with Gasteiger partial charge in [-0.2, -0.15) is 13.2 Å². The molecule has 180 valence electrons. The van der Waals surface area contributed by atoms with Crippen molar-refractivity contribution in [1.29, 1.82) is 0 Å². The molecule has 2 aromatic carbocycles. The van der Waals surface area contributed by atoms with Gasteiger partial charge in [-0.1, -0.05) is 23.7 Å². The van der Waals surface area contributed by atoms with Gasteiger partial charge in [0.1, 0.15) is 0 Å². The number of carbonyl (C=O) groups is 3. The van der Waals surface area contributed by atoms with Crippen molar-refractivity contribution in [2.75, 3.05) is 26.0 Å². The fourth-order valence-electron chi connectivity index (χ4n) is 2.47. The van der Waals surface area contributed by atoms with Gasteiger partial charge in [0.15, 0.2) is 0 Å². The number of hydrogen-bond donors (Lipinski definition) is 4. The van der Waals surface area contributed by atoms with E-state index in [0.29, 0.717) is 11.4 Å². The molecule has 33 heavy (non-hydrogen) atoms. The van der Waals surface area contributed by atoms with E-state index in [1.807, 2.05) is 31.1 Å². The molecular formula is C21H23ClF3N3O5. The molecule has 0 aliphatic rings. The lowest BCUT2D eigenvalue weighted by atomic mass is 10.0. The number of amides is 2. The molecule has 0 saturated heterocycles. The molecule has 0 bridgehead atoms. The number of aliphatic carboxylic acids is 2. The molecule has 0 spiro atoms. The Morgan fingerprint density at radius 2 is 1.48 bits per heavy atom. The smallest absolute Gasteiger partial charge is 0.416 e. The Bertz CT molecular complexity index is 924. The van der Waals surface area contributed by atoms with Crippen LogP contribution in [0.3, 0.4) is 0 Å². The highest BCUT2D eigenvalue weighted by Gasteiger charge is 2.30. The van der Waals surface area contributed by atoms with Crippen LogP contribution in [0.2, 0.25) is 5.02 Å². The Morgan fingerprint density at radius 3 is 1.91 bits per heavy atom. The van der Waals surface area contributed by atoms with Gasteiger partial charge in [-0.05, 0) is 69.0 Å². The summed E-state index contributed by atoms with van der Waals surface area (Å²) in [5.41, 5.74) is 0.408. The summed E-state index contributed by atoms with van der Waals surface area (Å²) in [5, 5.41) is 20.8. The lowest BCUT2D eigenvalue weighted by Gasteiger charge is -2.21. The molecule has 2 rings (SSSR count). The third-order valence-corrected chi connectivity index (χ3v) is 4.35. The molecule has 0 aromatic heterocycles. The fraction of sp³-hybridized carbons (Fsp3) is 0.286. The summed E-state index contributed by atoms with van der Waals surface area (Å²) in [6.07, 6.45) is -3.75. The van der Waals surface area contributed by atoms with Crippen LogP contribution in [-0.2, 0) is 15.8 Å². The number of rotatable bonds is 6. The van der Waals surface area contributed by atoms with Gasteiger partial charge in [-0.25, -0.2) is 14.4 Å². The number of anilines is 1. The molecule has 2 aromatic rings. The average molecular weight is 490 g/mol. The van der Waals surface area contributed by atoms with Gasteiger partial charge in [0.05, 0.1) is 11.6 Å². The number of carbonyl (C=O) groups excluding carboxylic acids is 1. The Balaban J connectivity index is 0.000000801. The number of alkyl halides is 3. The second-order valence-corrected chi connectivity index (χ2v) is 7.42. The van der Waals surface area contributed by atoms with E-state index in [-0.39, 0.29) is 11.7 Å². The lowest BCUT2D eigenvalue weighted by Crippen LogP contribution is -2.34. The zero-order chi connectivity index (χ0) is 25.2. The normalized spacial score (nSPS) is 11.7. The van der Waals surface area contributed by atoms with E-state index in [4.69, 9.17) is 31.4 Å². The molecule has 0 fully saturated rings. The van der Waals surface area contributed by atoms with Gasteiger partial charge in [-0.15, -0.1) is 0 Å². The maximum Gasteiger partial charge on any atom is 0.416 e. The molecule has 0 aliphatic heterocycles. The summed E-state index contributed by atoms with van der Waals surface area (Å²) in [4.78, 5) is 32.5. The molecule has 2 amide bonds. The van der Waals surface area contributed by atoms with E-state index in [0.717, 1.165) is 24.2 Å². The maximum atomic E-state index is 12.6. The van der Waals surface area contributed by atoms with Crippen LogP contribution in [0.25, 0.3) is 0 Å². The minimum atomic E-state index is -4.41. The van der Waals surface area contributed by atoms with Crippen molar-refractivity contribution >= 4 is 35.3 Å². The average Bonchev–Trinajstić information content (AvgIpc) is 2.71. The van der Waals surface area contributed by atoms with Crippen LogP contribution in [0, 0.1) is 0 Å². The summed E-state index contributed by atoms with van der Waals surface area (Å²) in [5.74, 6) is -3.65. The van der Waals surface area contributed by atoms with Gasteiger partial charge in [0.2, 0.25) is 0 Å². The highest BCUT2D eigenvalue weighted by molar-refractivity contribution is 6.30. The van der Waals surface area contributed by atoms with Crippen molar-refractivity contribution in [1.82, 2.24) is 10.2 Å². The minimum Gasteiger partial charge on any atom is -0.473 e. The predicted octanol–water partition coefficient (Wildman–Crippen LogP) is 4.33. The minimum absolute atomic E-state index is 0.265. The molecule has 0 aliphatic carbocycles. The first-order valence-electron chi connectivity index (χ1n) is 9.40. The highest BCUT2D eigenvalue weighted by Crippen LogP contribution is 2.29. The number of urea groups is 1. The van der Waals surface area contributed by atoms with Crippen molar-refractivity contribution in [3.63, 3.8) is 0 Å². The summed E-state index contributed by atoms with van der Waals surface area (Å²) in [6, 6.07) is 10.7. The number of benzene rings is 2. The zero-order valence-corrected chi connectivity index (χ0v) is 18.4. The zero-order valence-electron chi connectivity index (χ0n) is 17.7.